The van der Waals surface area contributed by atoms with Crippen molar-refractivity contribution in [2.24, 2.45) is 0 Å². The molecule has 0 radical (unpaired) electrons. The molecule has 8 nitrogen and oxygen atoms in total. The van der Waals surface area contributed by atoms with E-state index >= 15 is 0 Å². The maximum absolute atomic E-state index is 12.7. The van der Waals surface area contributed by atoms with Crippen LogP contribution >= 0.6 is 0 Å². The van der Waals surface area contributed by atoms with Crippen LogP contribution in [0.1, 0.15) is 162 Å². The van der Waals surface area contributed by atoms with E-state index in [1.54, 1.807) is 21.1 Å². The first-order valence-corrected chi connectivity index (χ1v) is 22.0. The van der Waals surface area contributed by atoms with E-state index < -0.39 is 18.1 Å². The molecule has 2 atom stereocenters. The van der Waals surface area contributed by atoms with Crippen molar-refractivity contribution in [3.8, 4) is 0 Å². The number of carboxylic acids is 1. The smallest absolute Gasteiger partial charge is 0.306 e. The van der Waals surface area contributed by atoms with E-state index in [4.69, 9.17) is 14.2 Å². The number of quaternary nitrogens is 1. The van der Waals surface area contributed by atoms with Crippen LogP contribution in [0.3, 0.4) is 0 Å². The molecular weight excluding hydrogens is 703 g/mol. The van der Waals surface area contributed by atoms with Crippen LogP contribution in [0.4, 0.5) is 0 Å². The Bertz CT molecular complexity index is 1140. The molecule has 0 aromatic carbocycles. The highest BCUT2D eigenvalue weighted by molar-refractivity contribution is 5.70. The van der Waals surface area contributed by atoms with E-state index in [1.807, 2.05) is 0 Å². The molecule has 0 heterocycles. The standard InChI is InChI=1S/C48H81NO7/c1-6-8-10-12-14-16-18-20-22-23-24-25-27-29-31-33-35-37-39-47(51)56-44(42-54-41-40-45(48(52)53)49(3,4)5)43-55-46(50)38-36-34-32-30-28-26-21-19-17-15-13-11-9-7-2/h9,11,15,17-18,20-26,44-45H,6-8,10,12-14,16,19,27-43H2,1-5H3/b11-9+,17-15+,20-18+,23-22+,25-24+,26-21+. The second-order valence-electron chi connectivity index (χ2n) is 15.6. The number of unbranched alkanes of at least 4 members (excludes halogenated alkanes) is 14. The highest BCUT2D eigenvalue weighted by atomic mass is 16.6. The summed E-state index contributed by atoms with van der Waals surface area (Å²) < 4.78 is 17.1. The van der Waals surface area contributed by atoms with Gasteiger partial charge in [-0.3, -0.25) is 9.59 Å². The van der Waals surface area contributed by atoms with Crippen molar-refractivity contribution < 1.29 is 38.2 Å². The lowest BCUT2D eigenvalue weighted by atomic mass is 10.1. The molecule has 320 valence electrons. The monoisotopic (exact) mass is 784 g/mol. The van der Waals surface area contributed by atoms with Crippen LogP contribution in [0.5, 0.6) is 0 Å². The van der Waals surface area contributed by atoms with E-state index in [2.05, 4.69) is 86.8 Å². The van der Waals surface area contributed by atoms with E-state index in [9.17, 15) is 19.5 Å². The molecular formula is C48H81NO7. The van der Waals surface area contributed by atoms with Crippen LogP contribution in [0, 0.1) is 0 Å². The fourth-order valence-corrected chi connectivity index (χ4v) is 5.97. The second kappa shape index (κ2) is 38.6. The molecule has 56 heavy (non-hydrogen) atoms. The van der Waals surface area contributed by atoms with Crippen molar-refractivity contribution in [1.82, 2.24) is 0 Å². The number of nitrogens with zero attached hydrogens (tertiary/aromatic N) is 1. The van der Waals surface area contributed by atoms with Crippen molar-refractivity contribution in [3.63, 3.8) is 0 Å². The predicted molar refractivity (Wildman–Crippen MR) is 231 cm³/mol. The zero-order valence-electron chi connectivity index (χ0n) is 36.3. The van der Waals surface area contributed by atoms with Gasteiger partial charge in [-0.1, -0.05) is 145 Å². The molecule has 0 spiro atoms. The average Bonchev–Trinajstić information content (AvgIpc) is 3.15. The summed E-state index contributed by atoms with van der Waals surface area (Å²) in [5.74, 6) is -1.80. The third kappa shape index (κ3) is 36.4. The highest BCUT2D eigenvalue weighted by Gasteiger charge is 2.25. The number of ether oxygens (including phenoxy) is 3. The molecule has 0 saturated heterocycles. The Labute approximate surface area is 342 Å². The van der Waals surface area contributed by atoms with Gasteiger partial charge in [-0.2, -0.15) is 0 Å². The van der Waals surface area contributed by atoms with E-state index in [-0.39, 0.29) is 49.1 Å². The Balaban J connectivity index is 4.44. The van der Waals surface area contributed by atoms with Gasteiger partial charge in [0, 0.05) is 19.3 Å². The van der Waals surface area contributed by atoms with E-state index in [1.165, 1.54) is 32.1 Å². The Morgan fingerprint density at radius 1 is 0.571 bits per heavy atom. The first-order chi connectivity index (χ1) is 27.1. The largest absolute Gasteiger partial charge is 0.544 e. The van der Waals surface area contributed by atoms with Gasteiger partial charge >= 0.3 is 11.9 Å². The number of allylic oxidation sites excluding steroid dienone is 12. The quantitative estimate of drug-likeness (QED) is 0.0202. The SMILES string of the molecule is CC/C=C/C/C=C/C/C=C/CCCCCCC(=O)OCC(COCCC(C(=O)[O-])[N+](C)(C)C)OC(=O)CCCCCCC/C=C/C=C/C=C/CCCCCCC. The number of carbonyl (C=O) groups excluding carboxylic acids is 3. The minimum Gasteiger partial charge on any atom is -0.544 e. The molecule has 0 saturated carbocycles. The number of esters is 2. The third-order valence-corrected chi connectivity index (χ3v) is 9.39. The molecule has 0 aromatic heterocycles. The van der Waals surface area contributed by atoms with E-state index in [0.717, 1.165) is 96.3 Å². The summed E-state index contributed by atoms with van der Waals surface area (Å²) in [7, 11) is 5.38. The van der Waals surface area contributed by atoms with Gasteiger partial charge in [0.15, 0.2) is 6.10 Å². The van der Waals surface area contributed by atoms with Gasteiger partial charge in [-0.25, -0.2) is 0 Å². The van der Waals surface area contributed by atoms with Crippen LogP contribution in [0.25, 0.3) is 0 Å². The lowest BCUT2D eigenvalue weighted by Gasteiger charge is -2.34. The number of carbonyl (C=O) groups is 3. The van der Waals surface area contributed by atoms with Crippen molar-refractivity contribution in [3.05, 3.63) is 72.9 Å². The summed E-state index contributed by atoms with van der Waals surface area (Å²) in [6.45, 7) is 4.47. The van der Waals surface area contributed by atoms with Crippen molar-refractivity contribution in [1.29, 1.82) is 0 Å². The number of hydrogen-bond acceptors (Lipinski definition) is 7. The Morgan fingerprint density at radius 3 is 1.62 bits per heavy atom. The first-order valence-electron chi connectivity index (χ1n) is 22.0. The number of aliphatic carboxylic acids is 1. The lowest BCUT2D eigenvalue weighted by molar-refractivity contribution is -0.889. The van der Waals surface area contributed by atoms with Crippen LogP contribution < -0.4 is 5.11 Å². The summed E-state index contributed by atoms with van der Waals surface area (Å²) >= 11 is 0. The summed E-state index contributed by atoms with van der Waals surface area (Å²) in [6.07, 6.45) is 47.8. The highest BCUT2D eigenvalue weighted by Crippen LogP contribution is 2.12. The van der Waals surface area contributed by atoms with Gasteiger partial charge in [0.2, 0.25) is 0 Å². The molecule has 8 heteroatoms. The average molecular weight is 784 g/mol. The second-order valence-corrected chi connectivity index (χ2v) is 15.6. The van der Waals surface area contributed by atoms with Gasteiger partial charge in [0.25, 0.3) is 0 Å². The lowest BCUT2D eigenvalue weighted by Crippen LogP contribution is -2.55. The molecule has 2 unspecified atom stereocenters. The minimum absolute atomic E-state index is 0.0211. The zero-order chi connectivity index (χ0) is 41.4. The third-order valence-electron chi connectivity index (χ3n) is 9.39. The van der Waals surface area contributed by atoms with Gasteiger partial charge in [-0.15, -0.1) is 0 Å². The van der Waals surface area contributed by atoms with Crippen LogP contribution in [0.2, 0.25) is 0 Å². The molecule has 0 N–H and O–H groups in total. The number of rotatable bonds is 38. The zero-order valence-corrected chi connectivity index (χ0v) is 36.3. The fourth-order valence-electron chi connectivity index (χ4n) is 5.97. The fraction of sp³-hybridized carbons (Fsp3) is 0.688. The molecule has 0 amide bonds. The molecule has 0 aliphatic heterocycles. The maximum Gasteiger partial charge on any atom is 0.306 e. The van der Waals surface area contributed by atoms with Crippen molar-refractivity contribution in [2.45, 2.75) is 174 Å². The maximum atomic E-state index is 12.7. The first kappa shape index (κ1) is 52.8. The molecule has 0 bridgehead atoms. The van der Waals surface area contributed by atoms with Crippen molar-refractivity contribution in [2.75, 3.05) is 41.0 Å². The Kier molecular flexibility index (Phi) is 36.4. The van der Waals surface area contributed by atoms with Gasteiger partial charge < -0.3 is 28.6 Å². The molecule has 0 aliphatic carbocycles. The molecule has 0 aliphatic rings. The van der Waals surface area contributed by atoms with Gasteiger partial charge in [0.05, 0.1) is 40.3 Å². The van der Waals surface area contributed by atoms with Crippen LogP contribution in [-0.2, 0) is 28.6 Å². The van der Waals surface area contributed by atoms with Gasteiger partial charge in [-0.05, 0) is 70.6 Å². The summed E-state index contributed by atoms with van der Waals surface area (Å²) in [4.78, 5) is 36.8. The van der Waals surface area contributed by atoms with Crippen LogP contribution in [0.15, 0.2) is 72.9 Å². The topological polar surface area (TPSA) is 102 Å². The number of carboxylic acid groups (broad SMARTS) is 1. The molecule has 0 aromatic rings. The minimum atomic E-state index is -1.14. The predicted octanol–water partition coefficient (Wildman–Crippen LogP) is 10.6. The van der Waals surface area contributed by atoms with E-state index in [0.29, 0.717) is 6.42 Å². The van der Waals surface area contributed by atoms with Crippen molar-refractivity contribution >= 4 is 17.9 Å². The molecule has 0 rings (SSSR count). The summed E-state index contributed by atoms with van der Waals surface area (Å²) in [5, 5.41) is 11.6. The number of hydrogen-bond donors (Lipinski definition) is 0. The Hall–Kier alpha value is -3.23. The summed E-state index contributed by atoms with van der Waals surface area (Å²) in [6, 6.07) is -0.736. The number of likely N-dealkylation sites (N-methyl/N-ethyl adjacent to an activating group) is 1. The Morgan fingerprint density at radius 2 is 1.07 bits per heavy atom. The summed E-state index contributed by atoms with van der Waals surface area (Å²) in [5.41, 5.74) is 0. The van der Waals surface area contributed by atoms with Gasteiger partial charge in [0.1, 0.15) is 12.6 Å². The normalized spacial score (nSPS) is 13.7. The van der Waals surface area contributed by atoms with Crippen LogP contribution in [-0.4, -0.2) is 75.5 Å². The molecule has 0 fully saturated rings.